The van der Waals surface area contributed by atoms with E-state index in [0.717, 1.165) is 12.2 Å². The lowest BCUT2D eigenvalue weighted by atomic mass is 10.0. The second-order valence-corrected chi connectivity index (χ2v) is 4.95. The summed E-state index contributed by atoms with van der Waals surface area (Å²) in [6.45, 7) is 7.58. The van der Waals surface area contributed by atoms with Crippen molar-refractivity contribution in [3.8, 4) is 0 Å². The highest BCUT2D eigenvalue weighted by atomic mass is 19.1. The van der Waals surface area contributed by atoms with Gasteiger partial charge in [-0.25, -0.2) is 4.39 Å². The molecule has 0 saturated carbocycles. The molecule has 100 valence electrons. The van der Waals surface area contributed by atoms with Crippen LogP contribution in [0.5, 0.6) is 0 Å². The van der Waals surface area contributed by atoms with Gasteiger partial charge < -0.3 is 14.7 Å². The first-order chi connectivity index (χ1) is 8.50. The van der Waals surface area contributed by atoms with Crippen molar-refractivity contribution in [2.24, 2.45) is 0 Å². The molecule has 4 heteroatoms. The van der Waals surface area contributed by atoms with E-state index in [1.807, 2.05) is 6.07 Å². The molecule has 1 aliphatic heterocycles. The Kier molecular flexibility index (Phi) is 3.88. The molecule has 0 aromatic heterocycles. The minimum atomic E-state index is -0.676. The number of hydrogen-bond acceptors (Lipinski definition) is 3. The summed E-state index contributed by atoms with van der Waals surface area (Å²) in [6.07, 6.45) is -0.676. The van der Waals surface area contributed by atoms with Crippen LogP contribution < -0.4 is 4.90 Å². The van der Waals surface area contributed by atoms with Crippen molar-refractivity contribution in [1.29, 1.82) is 0 Å². The van der Waals surface area contributed by atoms with E-state index in [1.165, 1.54) is 6.07 Å². The van der Waals surface area contributed by atoms with E-state index < -0.39 is 6.10 Å². The zero-order valence-corrected chi connectivity index (χ0v) is 11.1. The lowest BCUT2D eigenvalue weighted by molar-refractivity contribution is 0.0984. The number of benzene rings is 1. The van der Waals surface area contributed by atoms with Crippen LogP contribution in [-0.2, 0) is 4.74 Å². The lowest BCUT2D eigenvalue weighted by Crippen LogP contribution is -2.44. The number of halogens is 1. The second-order valence-electron chi connectivity index (χ2n) is 4.95. The first-order valence-corrected chi connectivity index (χ1v) is 6.33. The number of nitrogens with zero attached hydrogens (tertiary/aromatic N) is 1. The van der Waals surface area contributed by atoms with Gasteiger partial charge in [-0.15, -0.1) is 0 Å². The van der Waals surface area contributed by atoms with Crippen LogP contribution in [0.1, 0.15) is 31.1 Å². The molecule has 3 nitrogen and oxygen atoms in total. The van der Waals surface area contributed by atoms with E-state index in [1.54, 1.807) is 13.8 Å². The number of ether oxygens (including phenoxy) is 1. The molecule has 1 aliphatic rings. The van der Waals surface area contributed by atoms with Crippen LogP contribution in [0.15, 0.2) is 12.1 Å². The van der Waals surface area contributed by atoms with Crippen molar-refractivity contribution in [2.45, 2.75) is 32.9 Å². The Bertz CT molecular complexity index is 434. The number of morpholine rings is 1. The van der Waals surface area contributed by atoms with Gasteiger partial charge in [-0.1, -0.05) is 0 Å². The van der Waals surface area contributed by atoms with Crippen molar-refractivity contribution in [2.75, 3.05) is 24.7 Å². The molecule has 0 radical (unpaired) electrons. The third kappa shape index (κ3) is 2.49. The van der Waals surface area contributed by atoms with Crippen molar-refractivity contribution >= 4 is 5.69 Å². The van der Waals surface area contributed by atoms with Gasteiger partial charge in [-0.05, 0) is 38.5 Å². The van der Waals surface area contributed by atoms with Crippen molar-refractivity contribution < 1.29 is 14.2 Å². The Balaban J connectivity index is 2.44. The van der Waals surface area contributed by atoms with E-state index in [9.17, 15) is 9.50 Å². The van der Waals surface area contributed by atoms with Gasteiger partial charge in [0.25, 0.3) is 0 Å². The molecular formula is C14H20FNO2. The first-order valence-electron chi connectivity index (χ1n) is 6.33. The van der Waals surface area contributed by atoms with Crippen LogP contribution >= 0.6 is 0 Å². The zero-order valence-electron chi connectivity index (χ0n) is 11.1. The maximum absolute atomic E-state index is 13.6. The summed E-state index contributed by atoms with van der Waals surface area (Å²) < 4.78 is 19.0. The molecule has 0 amide bonds. The van der Waals surface area contributed by atoms with Crippen LogP contribution in [-0.4, -0.2) is 30.9 Å². The summed E-state index contributed by atoms with van der Waals surface area (Å²) in [4.78, 5) is 2.18. The highest BCUT2D eigenvalue weighted by Gasteiger charge is 2.23. The van der Waals surface area contributed by atoms with E-state index in [2.05, 4.69) is 11.8 Å². The molecule has 1 aromatic rings. The van der Waals surface area contributed by atoms with Gasteiger partial charge in [-0.3, -0.25) is 0 Å². The minimum absolute atomic E-state index is 0.237. The number of aliphatic hydroxyl groups excluding tert-OH is 1. The number of hydrogen-bond donors (Lipinski definition) is 1. The molecular weight excluding hydrogens is 233 g/mol. The molecule has 2 atom stereocenters. The highest BCUT2D eigenvalue weighted by Crippen LogP contribution is 2.31. The van der Waals surface area contributed by atoms with E-state index >= 15 is 0 Å². The van der Waals surface area contributed by atoms with Crippen LogP contribution in [0, 0.1) is 12.7 Å². The third-order valence-electron chi connectivity index (χ3n) is 3.44. The normalized spacial score (nSPS) is 22.1. The summed E-state index contributed by atoms with van der Waals surface area (Å²) in [5.74, 6) is -0.268. The molecule has 0 aliphatic carbocycles. The van der Waals surface area contributed by atoms with E-state index in [4.69, 9.17) is 4.74 Å². The van der Waals surface area contributed by atoms with E-state index in [0.29, 0.717) is 24.3 Å². The first kappa shape index (κ1) is 13.3. The monoisotopic (exact) mass is 253 g/mol. The van der Waals surface area contributed by atoms with Gasteiger partial charge in [0.2, 0.25) is 0 Å². The Morgan fingerprint density at radius 2 is 2.22 bits per heavy atom. The average molecular weight is 253 g/mol. The SMILES string of the molecule is Cc1cc(N2CCOCC2C)c([C@H](C)O)cc1F. The number of anilines is 1. The van der Waals surface area contributed by atoms with Gasteiger partial charge in [0.05, 0.1) is 19.3 Å². The lowest BCUT2D eigenvalue weighted by Gasteiger charge is -2.37. The molecule has 1 N–H and O–H groups in total. The predicted octanol–water partition coefficient (Wildman–Crippen LogP) is 2.41. The Hall–Kier alpha value is -1.13. The number of aliphatic hydroxyl groups is 1. The fraction of sp³-hybridized carbons (Fsp3) is 0.571. The van der Waals surface area contributed by atoms with Crippen LogP contribution in [0.3, 0.4) is 0 Å². The Labute approximate surface area is 107 Å². The molecule has 1 aromatic carbocycles. The standard InChI is InChI=1S/C14H20FNO2/c1-9-6-14(12(11(3)17)7-13(9)15)16-4-5-18-8-10(16)2/h6-7,10-11,17H,4-5,8H2,1-3H3/t10?,11-/m0/s1. The topological polar surface area (TPSA) is 32.7 Å². The average Bonchev–Trinajstić information content (AvgIpc) is 2.32. The second kappa shape index (κ2) is 5.24. The minimum Gasteiger partial charge on any atom is -0.389 e. The molecule has 2 rings (SSSR count). The molecule has 1 saturated heterocycles. The summed E-state index contributed by atoms with van der Waals surface area (Å²) in [7, 11) is 0. The zero-order chi connectivity index (χ0) is 13.3. The largest absolute Gasteiger partial charge is 0.389 e. The maximum Gasteiger partial charge on any atom is 0.126 e. The third-order valence-corrected chi connectivity index (χ3v) is 3.44. The van der Waals surface area contributed by atoms with Crippen LogP contribution in [0.4, 0.5) is 10.1 Å². The Morgan fingerprint density at radius 1 is 1.50 bits per heavy atom. The van der Waals surface area contributed by atoms with Gasteiger partial charge in [0.15, 0.2) is 0 Å². The maximum atomic E-state index is 13.6. The van der Waals surface area contributed by atoms with E-state index in [-0.39, 0.29) is 11.9 Å². The smallest absolute Gasteiger partial charge is 0.126 e. The van der Waals surface area contributed by atoms with Crippen molar-refractivity contribution in [3.05, 3.63) is 29.1 Å². The van der Waals surface area contributed by atoms with Gasteiger partial charge in [0, 0.05) is 23.8 Å². The van der Waals surface area contributed by atoms with Gasteiger partial charge in [0.1, 0.15) is 5.82 Å². The molecule has 1 fully saturated rings. The van der Waals surface area contributed by atoms with Crippen molar-refractivity contribution in [3.63, 3.8) is 0 Å². The summed E-state index contributed by atoms with van der Waals surface area (Å²) in [6, 6.07) is 3.50. The Morgan fingerprint density at radius 3 is 2.83 bits per heavy atom. The van der Waals surface area contributed by atoms with Crippen LogP contribution in [0.2, 0.25) is 0 Å². The highest BCUT2D eigenvalue weighted by molar-refractivity contribution is 5.57. The molecule has 0 spiro atoms. The van der Waals surface area contributed by atoms with Crippen molar-refractivity contribution in [1.82, 2.24) is 0 Å². The fourth-order valence-electron chi connectivity index (χ4n) is 2.35. The summed E-state index contributed by atoms with van der Waals surface area (Å²) in [5.41, 5.74) is 2.17. The molecule has 1 heterocycles. The molecule has 0 bridgehead atoms. The molecule has 18 heavy (non-hydrogen) atoms. The quantitative estimate of drug-likeness (QED) is 0.878. The summed E-state index contributed by atoms with van der Waals surface area (Å²) >= 11 is 0. The molecule has 1 unspecified atom stereocenters. The predicted molar refractivity (Wildman–Crippen MR) is 69.4 cm³/mol. The van der Waals surface area contributed by atoms with Gasteiger partial charge in [-0.2, -0.15) is 0 Å². The van der Waals surface area contributed by atoms with Gasteiger partial charge >= 0.3 is 0 Å². The number of rotatable bonds is 2. The number of aryl methyl sites for hydroxylation is 1. The summed E-state index contributed by atoms with van der Waals surface area (Å²) in [5, 5.41) is 9.81. The fourth-order valence-corrected chi connectivity index (χ4v) is 2.35. The van der Waals surface area contributed by atoms with Crippen LogP contribution in [0.25, 0.3) is 0 Å².